The molecule has 0 bridgehead atoms. The highest BCUT2D eigenvalue weighted by molar-refractivity contribution is 6.32. The third-order valence-corrected chi connectivity index (χ3v) is 3.23. The molecule has 0 heterocycles. The van der Waals surface area contributed by atoms with Crippen LogP contribution in [0.15, 0.2) is 17.3 Å². The van der Waals surface area contributed by atoms with Crippen LogP contribution in [0.5, 0.6) is 11.5 Å². The van der Waals surface area contributed by atoms with Crippen molar-refractivity contribution in [1.29, 1.82) is 0 Å². The lowest BCUT2D eigenvalue weighted by molar-refractivity contribution is -0.126. The number of nitrogens with zero attached hydrogens (tertiary/aromatic N) is 1. The van der Waals surface area contributed by atoms with Gasteiger partial charge in [0, 0.05) is 11.6 Å². The van der Waals surface area contributed by atoms with E-state index in [4.69, 9.17) is 25.9 Å². The fourth-order valence-electron chi connectivity index (χ4n) is 1.62. The molecule has 7 heteroatoms. The minimum Gasteiger partial charge on any atom is -0.493 e. The first-order valence-electron chi connectivity index (χ1n) is 6.88. The number of methoxy groups -OCH3 is 2. The summed E-state index contributed by atoms with van der Waals surface area (Å²) in [6, 6.07) is 3.48. The van der Waals surface area contributed by atoms with Gasteiger partial charge in [-0.3, -0.25) is 4.79 Å². The fourth-order valence-corrected chi connectivity index (χ4v) is 1.92. The minimum absolute atomic E-state index is 0.115. The lowest BCUT2D eigenvalue weighted by Gasteiger charge is -2.10. The van der Waals surface area contributed by atoms with Gasteiger partial charge in [0.25, 0.3) is 5.91 Å². The molecule has 0 unspecified atom stereocenters. The highest BCUT2D eigenvalue weighted by Gasteiger charge is 2.10. The zero-order valence-corrected chi connectivity index (χ0v) is 13.9. The van der Waals surface area contributed by atoms with Crippen molar-refractivity contribution in [3.8, 4) is 11.5 Å². The average Bonchev–Trinajstić information content (AvgIpc) is 2.50. The predicted octanol–water partition coefficient (Wildman–Crippen LogP) is 2.62. The van der Waals surface area contributed by atoms with Gasteiger partial charge in [-0.1, -0.05) is 23.7 Å². The molecule has 0 aliphatic heterocycles. The number of carbonyl (C=O) groups excluding carboxylic acids is 1. The van der Waals surface area contributed by atoms with Crippen molar-refractivity contribution in [2.45, 2.75) is 26.3 Å². The Kier molecular flexibility index (Phi) is 7.52. The van der Waals surface area contributed by atoms with Crippen molar-refractivity contribution in [1.82, 2.24) is 5.32 Å². The number of hydrogen-bond donors (Lipinski definition) is 1. The lowest BCUT2D eigenvalue weighted by Crippen LogP contribution is -2.34. The van der Waals surface area contributed by atoms with E-state index < -0.39 is 0 Å². The second kappa shape index (κ2) is 9.15. The Bertz CT molecular complexity index is 535. The molecule has 0 aromatic heterocycles. The first-order chi connectivity index (χ1) is 10.5. The van der Waals surface area contributed by atoms with E-state index in [1.807, 2.05) is 13.8 Å². The van der Waals surface area contributed by atoms with E-state index in [9.17, 15) is 4.79 Å². The number of hydrogen-bond acceptors (Lipinski definition) is 5. The molecule has 6 nitrogen and oxygen atoms in total. The molecule has 0 saturated carbocycles. The van der Waals surface area contributed by atoms with Gasteiger partial charge < -0.3 is 19.6 Å². The summed E-state index contributed by atoms with van der Waals surface area (Å²) in [7, 11) is 3.03. The summed E-state index contributed by atoms with van der Waals surface area (Å²) >= 11 is 6.08. The van der Waals surface area contributed by atoms with Crippen LogP contribution in [0.4, 0.5) is 0 Å². The van der Waals surface area contributed by atoms with Crippen LogP contribution in [0.25, 0.3) is 0 Å². The fraction of sp³-hybridized carbons (Fsp3) is 0.467. The van der Waals surface area contributed by atoms with Gasteiger partial charge in [0.15, 0.2) is 18.1 Å². The Balaban J connectivity index is 2.60. The Hall–Kier alpha value is -1.95. The van der Waals surface area contributed by atoms with Gasteiger partial charge in [0.1, 0.15) is 0 Å². The zero-order valence-electron chi connectivity index (χ0n) is 13.2. The zero-order chi connectivity index (χ0) is 16.5. The molecule has 1 amide bonds. The van der Waals surface area contributed by atoms with Gasteiger partial charge in [-0.25, -0.2) is 0 Å². The summed E-state index contributed by atoms with van der Waals surface area (Å²) in [5.74, 6) is 0.734. The van der Waals surface area contributed by atoms with Gasteiger partial charge in [0.05, 0.1) is 25.5 Å². The standard InChI is InChI=1S/C15H21ClN2O4/c1-5-10(2)18-14(19)9-22-17-8-11-6-12(16)15(21-4)13(7-11)20-3/h6-8,10H,5,9H2,1-4H3,(H,18,19)/b17-8-/t10-/m1/s1. The minimum atomic E-state index is -0.211. The van der Waals surface area contributed by atoms with Gasteiger partial charge in [-0.05, 0) is 25.5 Å². The van der Waals surface area contributed by atoms with Crippen molar-refractivity contribution in [3.63, 3.8) is 0 Å². The summed E-state index contributed by atoms with van der Waals surface area (Å²) in [4.78, 5) is 16.5. The number of nitrogens with one attached hydrogen (secondary N) is 1. The predicted molar refractivity (Wildman–Crippen MR) is 86.0 cm³/mol. The molecule has 1 aromatic carbocycles. The largest absolute Gasteiger partial charge is 0.493 e. The first kappa shape index (κ1) is 18.1. The molecule has 122 valence electrons. The molecule has 1 aromatic rings. The second-order valence-corrected chi connectivity index (χ2v) is 5.03. The Morgan fingerprint density at radius 3 is 2.73 bits per heavy atom. The van der Waals surface area contributed by atoms with Crippen LogP contribution in [0.2, 0.25) is 5.02 Å². The van der Waals surface area contributed by atoms with Crippen molar-refractivity contribution >= 4 is 23.7 Å². The van der Waals surface area contributed by atoms with Crippen LogP contribution in [0.3, 0.4) is 0 Å². The molecule has 0 spiro atoms. The van der Waals surface area contributed by atoms with E-state index in [0.717, 1.165) is 6.42 Å². The Morgan fingerprint density at radius 1 is 1.41 bits per heavy atom. The topological polar surface area (TPSA) is 69.2 Å². The van der Waals surface area contributed by atoms with Crippen molar-refractivity contribution < 1.29 is 19.1 Å². The molecule has 1 rings (SSSR count). The smallest absolute Gasteiger partial charge is 0.260 e. The van der Waals surface area contributed by atoms with Crippen LogP contribution < -0.4 is 14.8 Å². The lowest BCUT2D eigenvalue weighted by atomic mass is 10.2. The molecule has 1 N–H and O–H groups in total. The number of amides is 1. The monoisotopic (exact) mass is 328 g/mol. The number of rotatable bonds is 8. The summed E-state index contributed by atoms with van der Waals surface area (Å²) < 4.78 is 10.3. The quantitative estimate of drug-likeness (QED) is 0.588. The van der Waals surface area contributed by atoms with Crippen LogP contribution in [-0.2, 0) is 9.63 Å². The van der Waals surface area contributed by atoms with Crippen LogP contribution in [0, 0.1) is 0 Å². The number of carbonyl (C=O) groups is 1. The maximum atomic E-state index is 11.5. The maximum Gasteiger partial charge on any atom is 0.260 e. The molecule has 0 aliphatic carbocycles. The van der Waals surface area contributed by atoms with Crippen molar-refractivity contribution in [2.24, 2.45) is 5.16 Å². The number of ether oxygens (including phenoxy) is 2. The third-order valence-electron chi connectivity index (χ3n) is 2.95. The molecule has 22 heavy (non-hydrogen) atoms. The van der Waals surface area contributed by atoms with E-state index >= 15 is 0 Å². The van der Waals surface area contributed by atoms with Crippen LogP contribution >= 0.6 is 11.6 Å². The van der Waals surface area contributed by atoms with E-state index in [1.54, 1.807) is 12.1 Å². The van der Waals surface area contributed by atoms with Gasteiger partial charge >= 0.3 is 0 Å². The number of oxime groups is 1. The van der Waals surface area contributed by atoms with Gasteiger partial charge in [-0.2, -0.15) is 0 Å². The summed E-state index contributed by atoms with van der Waals surface area (Å²) in [5, 5.41) is 6.92. The molecule has 0 radical (unpaired) electrons. The summed E-state index contributed by atoms with van der Waals surface area (Å²) in [6.07, 6.45) is 2.31. The van der Waals surface area contributed by atoms with E-state index in [2.05, 4.69) is 10.5 Å². The number of benzene rings is 1. The molecular weight excluding hydrogens is 308 g/mol. The molecular formula is C15H21ClN2O4. The molecule has 0 aliphatic rings. The highest BCUT2D eigenvalue weighted by atomic mass is 35.5. The molecule has 0 saturated heterocycles. The molecule has 0 fully saturated rings. The van der Waals surface area contributed by atoms with Crippen LogP contribution in [-0.4, -0.2) is 39.0 Å². The number of halogens is 1. The van der Waals surface area contributed by atoms with Gasteiger partial charge in [0.2, 0.25) is 0 Å². The average molecular weight is 329 g/mol. The first-order valence-corrected chi connectivity index (χ1v) is 7.25. The Morgan fingerprint density at radius 2 is 2.14 bits per heavy atom. The van der Waals surface area contributed by atoms with E-state index in [0.29, 0.717) is 22.1 Å². The summed E-state index contributed by atoms with van der Waals surface area (Å²) in [6.45, 7) is 3.78. The highest BCUT2D eigenvalue weighted by Crippen LogP contribution is 2.35. The normalized spacial score (nSPS) is 12.0. The third kappa shape index (κ3) is 5.44. The van der Waals surface area contributed by atoms with Crippen molar-refractivity contribution in [2.75, 3.05) is 20.8 Å². The SMILES string of the molecule is CC[C@@H](C)NC(=O)CO/N=C\c1cc(Cl)c(OC)c(OC)c1. The Labute approximate surface area is 135 Å². The maximum absolute atomic E-state index is 11.5. The van der Waals surface area contributed by atoms with Crippen molar-refractivity contribution in [3.05, 3.63) is 22.7 Å². The second-order valence-electron chi connectivity index (χ2n) is 4.62. The molecule has 1 atom stereocenters. The van der Waals surface area contributed by atoms with Gasteiger partial charge in [-0.15, -0.1) is 0 Å². The summed E-state index contributed by atoms with van der Waals surface area (Å²) in [5.41, 5.74) is 0.671. The van der Waals surface area contributed by atoms with Crippen LogP contribution in [0.1, 0.15) is 25.8 Å². The van der Waals surface area contributed by atoms with E-state index in [1.165, 1.54) is 20.4 Å². The van der Waals surface area contributed by atoms with E-state index in [-0.39, 0.29) is 18.6 Å².